The van der Waals surface area contributed by atoms with Gasteiger partial charge in [0.15, 0.2) is 0 Å². The molecule has 0 aliphatic carbocycles. The van der Waals surface area contributed by atoms with Crippen molar-refractivity contribution in [3.63, 3.8) is 0 Å². The number of esters is 1. The maximum atomic E-state index is 11.3. The normalized spacial score (nSPS) is 10.8. The molecule has 0 amide bonds. The van der Waals surface area contributed by atoms with Gasteiger partial charge in [-0.25, -0.2) is 0 Å². The third-order valence-electron chi connectivity index (χ3n) is 4.94. The molecule has 2 N–H and O–H groups in total. The molecule has 0 saturated carbocycles. The fraction of sp³-hybridized carbons (Fsp3) is 0.125. The molecule has 0 unspecified atom stereocenters. The minimum Gasteiger partial charge on any atom is -0.460 e. The summed E-state index contributed by atoms with van der Waals surface area (Å²) in [6.45, 7) is 1.86. The van der Waals surface area contributed by atoms with Gasteiger partial charge in [0.25, 0.3) is 0 Å². The first-order chi connectivity index (χ1) is 15.1. The van der Waals surface area contributed by atoms with Gasteiger partial charge in [0.05, 0.1) is 17.1 Å². The fourth-order valence-corrected chi connectivity index (χ4v) is 3.57. The molecule has 1 aromatic heterocycles. The summed E-state index contributed by atoms with van der Waals surface area (Å²) in [6.07, 6.45) is 0. The second kappa shape index (κ2) is 9.12. The van der Waals surface area contributed by atoms with Crippen molar-refractivity contribution in [1.82, 2.24) is 10.2 Å². The van der Waals surface area contributed by atoms with Gasteiger partial charge in [-0.3, -0.25) is 4.79 Å². The Hall–Kier alpha value is -3.48. The average Bonchev–Trinajstić information content (AvgIpc) is 3.28. The van der Waals surface area contributed by atoms with E-state index in [-0.39, 0.29) is 19.0 Å². The highest BCUT2D eigenvalue weighted by Crippen LogP contribution is 2.35. The Bertz CT molecular complexity index is 1220. The lowest BCUT2D eigenvalue weighted by molar-refractivity contribution is -0.143. The van der Waals surface area contributed by atoms with Gasteiger partial charge in [-0.1, -0.05) is 66.2 Å². The summed E-state index contributed by atoms with van der Waals surface area (Å²) in [6, 6.07) is 21.4. The third kappa shape index (κ3) is 4.35. The van der Waals surface area contributed by atoms with Gasteiger partial charge in [-0.2, -0.15) is 0 Å². The summed E-state index contributed by atoms with van der Waals surface area (Å²) in [4.78, 5) is 11.3. The number of nitrogens with zero attached hydrogens (tertiary/aromatic N) is 2. The van der Waals surface area contributed by atoms with E-state index in [4.69, 9.17) is 26.5 Å². The third-order valence-corrected chi connectivity index (χ3v) is 5.38. The van der Waals surface area contributed by atoms with E-state index in [0.717, 1.165) is 22.3 Å². The zero-order valence-electron chi connectivity index (χ0n) is 16.8. The summed E-state index contributed by atoms with van der Waals surface area (Å²) in [7, 11) is 0. The standard InChI is InChI=1S/C24H20ClN3O3/c1-15-18(16-7-3-2-4-8-16)10-6-11-19(15)23-27-28-24(31-23)20-12-5-9-17(22(20)25)14-30-21(29)13-26/h2-12H,13-14,26H2,1H3. The van der Waals surface area contributed by atoms with Gasteiger partial charge in [-0.15, -0.1) is 10.2 Å². The van der Waals surface area contributed by atoms with E-state index in [0.29, 0.717) is 22.0 Å². The van der Waals surface area contributed by atoms with E-state index < -0.39 is 5.97 Å². The van der Waals surface area contributed by atoms with Crippen LogP contribution in [0, 0.1) is 6.92 Å². The first-order valence-electron chi connectivity index (χ1n) is 9.71. The van der Waals surface area contributed by atoms with Crippen LogP contribution >= 0.6 is 11.6 Å². The minimum atomic E-state index is -0.504. The maximum absolute atomic E-state index is 11.3. The summed E-state index contributed by atoms with van der Waals surface area (Å²) in [5.74, 6) is 0.188. The van der Waals surface area contributed by atoms with Crippen molar-refractivity contribution < 1.29 is 13.9 Å². The van der Waals surface area contributed by atoms with Crippen LogP contribution in [0.4, 0.5) is 0 Å². The lowest BCUT2D eigenvalue weighted by atomic mass is 9.96. The molecule has 1 heterocycles. The van der Waals surface area contributed by atoms with Crippen LogP contribution in [0.25, 0.3) is 34.0 Å². The van der Waals surface area contributed by atoms with Crippen LogP contribution < -0.4 is 5.73 Å². The Kier molecular flexibility index (Phi) is 6.11. The van der Waals surface area contributed by atoms with E-state index in [2.05, 4.69) is 28.4 Å². The van der Waals surface area contributed by atoms with Crippen LogP contribution in [0.5, 0.6) is 0 Å². The van der Waals surface area contributed by atoms with E-state index in [1.807, 2.05) is 37.3 Å². The summed E-state index contributed by atoms with van der Waals surface area (Å²) in [5, 5.41) is 8.82. The Morgan fingerprint density at radius 1 is 0.935 bits per heavy atom. The molecular weight excluding hydrogens is 414 g/mol. The summed E-state index contributed by atoms with van der Waals surface area (Å²) in [5.41, 5.74) is 10.6. The molecule has 0 saturated heterocycles. The van der Waals surface area contributed by atoms with Gasteiger partial charge in [0.1, 0.15) is 6.61 Å². The lowest BCUT2D eigenvalue weighted by Gasteiger charge is -2.09. The predicted octanol–water partition coefficient (Wildman–Crippen LogP) is 5.03. The van der Waals surface area contributed by atoms with Gasteiger partial charge >= 0.3 is 5.97 Å². The van der Waals surface area contributed by atoms with Crippen molar-refractivity contribution in [2.45, 2.75) is 13.5 Å². The SMILES string of the molecule is Cc1c(-c2ccccc2)cccc1-c1nnc(-c2cccc(COC(=O)CN)c2Cl)o1. The maximum Gasteiger partial charge on any atom is 0.320 e. The molecule has 3 aromatic carbocycles. The Morgan fingerprint density at radius 2 is 1.58 bits per heavy atom. The molecule has 0 spiro atoms. The van der Waals surface area contributed by atoms with E-state index in [1.165, 1.54) is 0 Å². The van der Waals surface area contributed by atoms with Crippen LogP contribution in [0.15, 0.2) is 71.1 Å². The number of halogens is 1. The van der Waals surface area contributed by atoms with Crippen LogP contribution in [-0.4, -0.2) is 22.7 Å². The summed E-state index contributed by atoms with van der Waals surface area (Å²) >= 11 is 6.51. The lowest BCUT2D eigenvalue weighted by Crippen LogP contribution is -2.16. The minimum absolute atomic E-state index is 0.0158. The first-order valence-corrected chi connectivity index (χ1v) is 10.1. The number of nitrogens with two attached hydrogens (primary N) is 1. The molecule has 0 bridgehead atoms. The van der Waals surface area contributed by atoms with Gasteiger partial charge in [0.2, 0.25) is 11.8 Å². The number of rotatable bonds is 6. The number of benzene rings is 3. The van der Waals surface area contributed by atoms with Crippen molar-refractivity contribution in [1.29, 1.82) is 0 Å². The highest BCUT2D eigenvalue weighted by atomic mass is 35.5. The number of carbonyl (C=O) groups excluding carboxylic acids is 1. The van der Waals surface area contributed by atoms with Crippen LogP contribution in [0.2, 0.25) is 5.02 Å². The van der Waals surface area contributed by atoms with Gasteiger partial charge in [-0.05, 0) is 35.7 Å². The number of hydrogen-bond acceptors (Lipinski definition) is 6. The average molecular weight is 434 g/mol. The molecule has 6 nitrogen and oxygen atoms in total. The predicted molar refractivity (Wildman–Crippen MR) is 119 cm³/mol. The second-order valence-corrected chi connectivity index (χ2v) is 7.28. The van der Waals surface area contributed by atoms with Gasteiger partial charge in [0, 0.05) is 11.1 Å². The molecule has 0 aliphatic heterocycles. The molecule has 4 rings (SSSR count). The number of carbonyl (C=O) groups is 1. The molecule has 31 heavy (non-hydrogen) atoms. The number of ether oxygens (including phenoxy) is 1. The Labute approximate surface area is 184 Å². The van der Waals surface area contributed by atoms with Crippen molar-refractivity contribution in [3.05, 3.63) is 82.9 Å². The smallest absolute Gasteiger partial charge is 0.320 e. The molecule has 0 atom stereocenters. The first kappa shape index (κ1) is 20.8. The monoisotopic (exact) mass is 433 g/mol. The summed E-state index contributed by atoms with van der Waals surface area (Å²) < 4.78 is 11.1. The Morgan fingerprint density at radius 3 is 2.32 bits per heavy atom. The molecule has 156 valence electrons. The highest BCUT2D eigenvalue weighted by molar-refractivity contribution is 6.33. The molecule has 7 heteroatoms. The van der Waals surface area contributed by atoms with Crippen molar-refractivity contribution in [2.75, 3.05) is 6.54 Å². The number of aromatic nitrogens is 2. The number of hydrogen-bond donors (Lipinski definition) is 1. The zero-order valence-corrected chi connectivity index (χ0v) is 17.6. The Balaban J connectivity index is 1.66. The van der Waals surface area contributed by atoms with Gasteiger partial charge < -0.3 is 14.9 Å². The van der Waals surface area contributed by atoms with Crippen molar-refractivity contribution >= 4 is 17.6 Å². The zero-order chi connectivity index (χ0) is 21.8. The molecule has 4 aromatic rings. The molecule has 0 radical (unpaired) electrons. The second-order valence-electron chi connectivity index (χ2n) is 6.90. The van der Waals surface area contributed by atoms with Crippen LogP contribution in [0.3, 0.4) is 0 Å². The van der Waals surface area contributed by atoms with E-state index >= 15 is 0 Å². The topological polar surface area (TPSA) is 91.2 Å². The van der Waals surface area contributed by atoms with E-state index in [9.17, 15) is 4.79 Å². The molecular formula is C24H20ClN3O3. The quantitative estimate of drug-likeness (QED) is 0.428. The molecule has 0 aliphatic rings. The van der Waals surface area contributed by atoms with Crippen LogP contribution in [0.1, 0.15) is 11.1 Å². The largest absolute Gasteiger partial charge is 0.460 e. The molecule has 0 fully saturated rings. The van der Waals surface area contributed by atoms with E-state index in [1.54, 1.807) is 18.2 Å². The van der Waals surface area contributed by atoms with Crippen molar-refractivity contribution in [2.24, 2.45) is 5.73 Å². The van der Waals surface area contributed by atoms with Crippen LogP contribution in [-0.2, 0) is 16.1 Å². The van der Waals surface area contributed by atoms with Crippen molar-refractivity contribution in [3.8, 4) is 34.0 Å². The highest BCUT2D eigenvalue weighted by Gasteiger charge is 2.18. The fourth-order valence-electron chi connectivity index (χ4n) is 3.31.